The van der Waals surface area contributed by atoms with Gasteiger partial charge in [-0.2, -0.15) is 4.31 Å². The zero-order valence-electron chi connectivity index (χ0n) is 12.4. The van der Waals surface area contributed by atoms with Gasteiger partial charge in [-0.05, 0) is 60.6 Å². The van der Waals surface area contributed by atoms with Crippen molar-refractivity contribution in [2.24, 2.45) is 5.73 Å². The fraction of sp³-hybridized carbons (Fsp3) is 0.571. The van der Waals surface area contributed by atoms with E-state index < -0.39 is 10.0 Å². The Balaban J connectivity index is 2.33. The minimum Gasteiger partial charge on any atom is -0.326 e. The molecule has 0 aliphatic carbocycles. The molecule has 2 N–H and O–H groups in total. The van der Waals surface area contributed by atoms with Crippen LogP contribution < -0.4 is 5.73 Å². The molecule has 0 aromatic heterocycles. The van der Waals surface area contributed by atoms with Crippen molar-refractivity contribution >= 4 is 26.0 Å². The fourth-order valence-electron chi connectivity index (χ4n) is 2.57. The molecule has 7 heteroatoms. The second-order valence-corrected chi connectivity index (χ2v) is 8.35. The van der Waals surface area contributed by atoms with Crippen LogP contribution in [0.15, 0.2) is 27.6 Å². The van der Waals surface area contributed by atoms with E-state index in [0.717, 1.165) is 18.4 Å². The van der Waals surface area contributed by atoms with Crippen LogP contribution in [0.1, 0.15) is 18.4 Å². The number of hydrogen-bond acceptors (Lipinski definition) is 4. The lowest BCUT2D eigenvalue weighted by Crippen LogP contribution is -2.47. The second-order valence-electron chi connectivity index (χ2n) is 5.59. The Labute approximate surface area is 135 Å². The lowest BCUT2D eigenvalue weighted by atomic mass is 10.1. The second kappa shape index (κ2) is 6.75. The van der Waals surface area contributed by atoms with Crippen molar-refractivity contribution in [2.45, 2.75) is 30.3 Å². The Morgan fingerprint density at radius 3 is 2.76 bits per heavy atom. The number of likely N-dealkylation sites (N-methyl/N-ethyl adjacent to an activating group) is 1. The van der Waals surface area contributed by atoms with Crippen LogP contribution in [0, 0.1) is 0 Å². The van der Waals surface area contributed by atoms with Crippen LogP contribution in [0.5, 0.6) is 0 Å². The van der Waals surface area contributed by atoms with E-state index in [1.165, 1.54) is 0 Å². The first-order valence-corrected chi connectivity index (χ1v) is 9.24. The standard InChI is InChI=1S/C14H22BrN3O2S/c1-17(2)12-4-3-7-18(10-12)21(19,20)14-8-11(9-16)5-6-13(14)15/h5-6,8,12H,3-4,7,9-10,16H2,1-2H3. The first-order valence-electron chi connectivity index (χ1n) is 7.01. The van der Waals surface area contributed by atoms with Gasteiger partial charge in [0, 0.05) is 30.1 Å². The van der Waals surface area contributed by atoms with Crippen molar-refractivity contribution in [2.75, 3.05) is 27.2 Å². The highest BCUT2D eigenvalue weighted by Gasteiger charge is 2.32. The number of sulfonamides is 1. The van der Waals surface area contributed by atoms with E-state index in [1.54, 1.807) is 16.4 Å². The number of halogens is 1. The van der Waals surface area contributed by atoms with Gasteiger partial charge in [0.1, 0.15) is 0 Å². The summed E-state index contributed by atoms with van der Waals surface area (Å²) in [5.74, 6) is 0. The lowest BCUT2D eigenvalue weighted by Gasteiger charge is -2.35. The molecule has 1 aliphatic heterocycles. The molecule has 1 atom stereocenters. The Morgan fingerprint density at radius 1 is 1.43 bits per heavy atom. The summed E-state index contributed by atoms with van der Waals surface area (Å²) in [5.41, 5.74) is 6.44. The molecule has 2 rings (SSSR count). The molecule has 0 radical (unpaired) electrons. The normalized spacial score (nSPS) is 20.9. The predicted molar refractivity (Wildman–Crippen MR) is 87.5 cm³/mol. The number of rotatable bonds is 4. The minimum absolute atomic E-state index is 0.269. The quantitative estimate of drug-likeness (QED) is 0.867. The van der Waals surface area contributed by atoms with E-state index in [0.29, 0.717) is 29.0 Å². The third-order valence-corrected chi connectivity index (χ3v) is 6.80. The van der Waals surface area contributed by atoms with Crippen LogP contribution in [0.25, 0.3) is 0 Å². The summed E-state index contributed by atoms with van der Waals surface area (Å²) in [4.78, 5) is 2.40. The fourth-order valence-corrected chi connectivity index (χ4v) is 5.06. The first-order chi connectivity index (χ1) is 9.86. The molecule has 1 aliphatic rings. The monoisotopic (exact) mass is 375 g/mol. The van der Waals surface area contributed by atoms with Crippen molar-refractivity contribution in [1.82, 2.24) is 9.21 Å². The van der Waals surface area contributed by atoms with E-state index in [1.807, 2.05) is 20.2 Å². The van der Waals surface area contributed by atoms with Crippen LogP contribution in [-0.4, -0.2) is 50.8 Å². The Kier molecular flexibility index (Phi) is 5.43. The van der Waals surface area contributed by atoms with Gasteiger partial charge in [0.15, 0.2) is 0 Å². The first kappa shape index (κ1) is 16.9. The highest BCUT2D eigenvalue weighted by Crippen LogP contribution is 2.28. The Hall–Kier alpha value is -0.470. The van der Waals surface area contributed by atoms with Crippen molar-refractivity contribution in [3.8, 4) is 0 Å². The molecule has 0 bridgehead atoms. The van der Waals surface area contributed by atoms with Gasteiger partial charge in [0.05, 0.1) is 4.90 Å². The summed E-state index contributed by atoms with van der Waals surface area (Å²) in [7, 11) is 0.496. The highest BCUT2D eigenvalue weighted by atomic mass is 79.9. The summed E-state index contributed by atoms with van der Waals surface area (Å²) in [6, 6.07) is 5.52. The molecule has 1 aromatic carbocycles. The largest absolute Gasteiger partial charge is 0.326 e. The van der Waals surface area contributed by atoms with E-state index >= 15 is 0 Å². The third kappa shape index (κ3) is 3.65. The maximum Gasteiger partial charge on any atom is 0.244 e. The van der Waals surface area contributed by atoms with Crippen molar-refractivity contribution in [3.05, 3.63) is 28.2 Å². The van der Waals surface area contributed by atoms with Crippen LogP contribution in [-0.2, 0) is 16.6 Å². The van der Waals surface area contributed by atoms with Gasteiger partial charge in [0.25, 0.3) is 0 Å². The molecule has 21 heavy (non-hydrogen) atoms. The molecule has 1 fully saturated rings. The van der Waals surface area contributed by atoms with Crippen LogP contribution in [0.4, 0.5) is 0 Å². The van der Waals surface area contributed by atoms with Crippen LogP contribution in [0.2, 0.25) is 0 Å². The molecule has 1 saturated heterocycles. The molecule has 0 amide bonds. The van der Waals surface area contributed by atoms with Crippen molar-refractivity contribution < 1.29 is 8.42 Å². The summed E-state index contributed by atoms with van der Waals surface area (Å²) in [6.07, 6.45) is 1.92. The molecule has 1 unspecified atom stereocenters. The van der Waals surface area contributed by atoms with Gasteiger partial charge in [0.2, 0.25) is 10.0 Å². The van der Waals surface area contributed by atoms with Gasteiger partial charge >= 0.3 is 0 Å². The molecule has 0 spiro atoms. The Bertz CT molecular complexity index is 604. The number of piperidine rings is 1. The molecule has 1 heterocycles. The average Bonchev–Trinajstić information content (AvgIpc) is 2.47. The smallest absolute Gasteiger partial charge is 0.244 e. The van der Waals surface area contributed by atoms with E-state index in [4.69, 9.17) is 5.73 Å². The zero-order chi connectivity index (χ0) is 15.6. The van der Waals surface area contributed by atoms with Gasteiger partial charge in [-0.3, -0.25) is 0 Å². The molecule has 1 aromatic rings. The van der Waals surface area contributed by atoms with Crippen molar-refractivity contribution in [3.63, 3.8) is 0 Å². The topological polar surface area (TPSA) is 66.6 Å². The maximum atomic E-state index is 12.9. The van der Waals surface area contributed by atoms with Gasteiger partial charge in [-0.1, -0.05) is 6.07 Å². The molecule has 5 nitrogen and oxygen atoms in total. The van der Waals surface area contributed by atoms with Gasteiger partial charge in [-0.25, -0.2) is 8.42 Å². The molecular weight excluding hydrogens is 354 g/mol. The maximum absolute atomic E-state index is 12.9. The van der Waals surface area contributed by atoms with Crippen molar-refractivity contribution in [1.29, 1.82) is 0 Å². The summed E-state index contributed by atoms with van der Waals surface area (Å²) >= 11 is 3.35. The third-order valence-electron chi connectivity index (χ3n) is 3.94. The SMILES string of the molecule is CN(C)C1CCCN(S(=O)(=O)c2cc(CN)ccc2Br)C1. The van der Waals surface area contributed by atoms with Crippen LogP contribution >= 0.6 is 15.9 Å². The van der Waals surface area contributed by atoms with E-state index in [9.17, 15) is 8.42 Å². The minimum atomic E-state index is -3.49. The van der Waals surface area contributed by atoms with Gasteiger partial charge < -0.3 is 10.6 Å². The molecular formula is C14H22BrN3O2S. The van der Waals surface area contributed by atoms with Gasteiger partial charge in [-0.15, -0.1) is 0 Å². The number of nitrogens with zero attached hydrogens (tertiary/aromatic N) is 2. The number of hydrogen-bond donors (Lipinski definition) is 1. The Morgan fingerprint density at radius 2 is 2.14 bits per heavy atom. The zero-order valence-corrected chi connectivity index (χ0v) is 14.8. The predicted octanol–water partition coefficient (Wildman–Crippen LogP) is 1.62. The average molecular weight is 376 g/mol. The number of benzene rings is 1. The summed E-state index contributed by atoms with van der Waals surface area (Å²) < 4.78 is 27.9. The number of nitrogens with two attached hydrogens (primary N) is 1. The highest BCUT2D eigenvalue weighted by molar-refractivity contribution is 9.10. The summed E-state index contributed by atoms with van der Waals surface area (Å²) in [6.45, 7) is 1.44. The molecule has 118 valence electrons. The van der Waals surface area contributed by atoms with E-state index in [2.05, 4.69) is 20.8 Å². The van der Waals surface area contributed by atoms with E-state index in [-0.39, 0.29) is 6.04 Å². The van der Waals surface area contributed by atoms with Crippen LogP contribution in [0.3, 0.4) is 0 Å². The summed E-state index contributed by atoms with van der Waals surface area (Å²) in [5, 5.41) is 0. The lowest BCUT2D eigenvalue weighted by molar-refractivity contribution is 0.190. The molecule has 0 saturated carbocycles.